The van der Waals surface area contributed by atoms with Crippen molar-refractivity contribution in [3.63, 3.8) is 0 Å². The second-order valence-electron chi connectivity index (χ2n) is 8.26. The molecule has 0 aromatic heterocycles. The maximum atomic E-state index is 12.2. The summed E-state index contributed by atoms with van der Waals surface area (Å²) < 4.78 is 0. The van der Waals surface area contributed by atoms with Gasteiger partial charge in [-0.1, -0.05) is 48.0 Å². The van der Waals surface area contributed by atoms with Crippen LogP contribution in [0.15, 0.2) is 48.5 Å². The largest absolute Gasteiger partial charge is 0.352 e. The molecule has 0 spiro atoms. The van der Waals surface area contributed by atoms with E-state index in [0.29, 0.717) is 29.9 Å². The number of amides is 1. The zero-order valence-electron chi connectivity index (χ0n) is 16.4. The topological polar surface area (TPSA) is 32.3 Å². The summed E-state index contributed by atoms with van der Waals surface area (Å²) in [6.07, 6.45) is 6.46. The van der Waals surface area contributed by atoms with E-state index in [4.69, 9.17) is 11.6 Å². The highest BCUT2D eigenvalue weighted by molar-refractivity contribution is 6.30. The predicted octanol–water partition coefficient (Wildman–Crippen LogP) is 4.62. The van der Waals surface area contributed by atoms with E-state index < -0.39 is 0 Å². The number of carbonyl (C=O) groups is 1. The first-order chi connectivity index (χ1) is 13.7. The van der Waals surface area contributed by atoms with Gasteiger partial charge in [0.25, 0.3) is 0 Å². The zero-order valence-corrected chi connectivity index (χ0v) is 17.1. The van der Waals surface area contributed by atoms with Gasteiger partial charge in [-0.15, -0.1) is 0 Å². The van der Waals surface area contributed by atoms with Crippen molar-refractivity contribution in [2.45, 2.75) is 51.1 Å². The van der Waals surface area contributed by atoms with Crippen LogP contribution in [0.3, 0.4) is 0 Å². The van der Waals surface area contributed by atoms with E-state index in [2.05, 4.69) is 34.5 Å². The number of piperidine rings is 1. The van der Waals surface area contributed by atoms with Crippen molar-refractivity contribution in [3.8, 4) is 0 Å². The molecule has 1 aliphatic carbocycles. The van der Waals surface area contributed by atoms with Gasteiger partial charge in [-0.3, -0.25) is 9.69 Å². The second kappa shape index (κ2) is 9.11. The Hall–Kier alpha value is -1.84. The van der Waals surface area contributed by atoms with E-state index in [-0.39, 0.29) is 5.91 Å². The number of carbonyl (C=O) groups excluding carboxylic acids is 1. The van der Waals surface area contributed by atoms with Crippen LogP contribution < -0.4 is 5.32 Å². The van der Waals surface area contributed by atoms with E-state index in [0.717, 1.165) is 12.0 Å². The molecule has 1 heterocycles. The fraction of sp³-hybridized carbons (Fsp3) is 0.458. The molecule has 4 heteroatoms. The number of nitrogens with zero attached hydrogens (tertiary/aromatic N) is 1. The van der Waals surface area contributed by atoms with Crippen molar-refractivity contribution in [2.24, 2.45) is 5.92 Å². The smallest absolute Gasteiger partial charge is 0.220 e. The Morgan fingerprint density at radius 3 is 2.43 bits per heavy atom. The van der Waals surface area contributed by atoms with Crippen LogP contribution in [0.5, 0.6) is 0 Å². The lowest BCUT2D eigenvalue weighted by Crippen LogP contribution is -2.42. The molecule has 0 atom stereocenters. The SMILES string of the molecule is O=C(CCC1CCN(C2Cc3ccccc3C2)CC1)NCc1cccc(Cl)c1. The minimum Gasteiger partial charge on any atom is -0.352 e. The number of nitrogens with one attached hydrogen (secondary N) is 1. The Bertz CT molecular complexity index is 789. The molecule has 2 aliphatic rings. The summed E-state index contributed by atoms with van der Waals surface area (Å²) >= 11 is 5.99. The molecule has 2 aromatic rings. The van der Waals surface area contributed by atoms with E-state index in [1.165, 1.54) is 49.9 Å². The highest BCUT2D eigenvalue weighted by Crippen LogP contribution is 2.29. The highest BCUT2D eigenvalue weighted by Gasteiger charge is 2.29. The van der Waals surface area contributed by atoms with Gasteiger partial charge >= 0.3 is 0 Å². The van der Waals surface area contributed by atoms with Crippen LogP contribution >= 0.6 is 11.6 Å². The molecular formula is C24H29ClN2O. The number of fused-ring (bicyclic) bond motifs is 1. The predicted molar refractivity (Wildman–Crippen MR) is 114 cm³/mol. The Morgan fingerprint density at radius 2 is 1.75 bits per heavy atom. The molecule has 1 amide bonds. The van der Waals surface area contributed by atoms with E-state index in [1.54, 1.807) is 0 Å². The number of hydrogen-bond donors (Lipinski definition) is 1. The number of rotatable bonds is 6. The summed E-state index contributed by atoms with van der Waals surface area (Å²) in [5.41, 5.74) is 4.11. The van der Waals surface area contributed by atoms with Crippen molar-refractivity contribution >= 4 is 17.5 Å². The van der Waals surface area contributed by atoms with Crippen molar-refractivity contribution in [3.05, 3.63) is 70.2 Å². The molecule has 2 aromatic carbocycles. The molecule has 0 unspecified atom stereocenters. The lowest BCUT2D eigenvalue weighted by Gasteiger charge is -2.36. The van der Waals surface area contributed by atoms with Gasteiger partial charge in [0.2, 0.25) is 5.91 Å². The first-order valence-electron chi connectivity index (χ1n) is 10.5. The Labute approximate surface area is 173 Å². The molecule has 1 fully saturated rings. The summed E-state index contributed by atoms with van der Waals surface area (Å²) in [5.74, 6) is 0.825. The summed E-state index contributed by atoms with van der Waals surface area (Å²) in [7, 11) is 0. The van der Waals surface area contributed by atoms with Gasteiger partial charge < -0.3 is 5.32 Å². The number of halogens is 1. The minimum atomic E-state index is 0.147. The third kappa shape index (κ3) is 4.95. The molecule has 28 heavy (non-hydrogen) atoms. The van der Waals surface area contributed by atoms with Crippen LogP contribution in [-0.4, -0.2) is 29.9 Å². The van der Waals surface area contributed by atoms with Crippen molar-refractivity contribution in [2.75, 3.05) is 13.1 Å². The standard InChI is InChI=1S/C24H29ClN2O/c25-22-7-3-4-19(14-22)17-26-24(28)9-8-18-10-12-27(13-11-18)23-15-20-5-1-2-6-21(20)16-23/h1-7,14,18,23H,8-13,15-17H2,(H,26,28). The lowest BCUT2D eigenvalue weighted by atomic mass is 9.91. The van der Waals surface area contributed by atoms with E-state index in [9.17, 15) is 4.79 Å². The van der Waals surface area contributed by atoms with Crippen LogP contribution in [0.2, 0.25) is 5.02 Å². The average Bonchev–Trinajstić information content (AvgIpc) is 3.15. The molecule has 0 radical (unpaired) electrons. The van der Waals surface area contributed by atoms with Gasteiger partial charge in [-0.25, -0.2) is 0 Å². The Morgan fingerprint density at radius 1 is 1.04 bits per heavy atom. The third-order valence-electron chi connectivity index (χ3n) is 6.35. The van der Waals surface area contributed by atoms with Crippen LogP contribution in [-0.2, 0) is 24.2 Å². The van der Waals surface area contributed by atoms with Gasteiger partial charge in [0.05, 0.1) is 0 Å². The van der Waals surface area contributed by atoms with Gasteiger partial charge in [0.15, 0.2) is 0 Å². The van der Waals surface area contributed by atoms with Gasteiger partial charge in [-0.05, 0) is 79.9 Å². The van der Waals surface area contributed by atoms with Gasteiger partial charge in [0, 0.05) is 24.0 Å². The normalized spacial score (nSPS) is 18.2. The molecule has 1 aliphatic heterocycles. The van der Waals surface area contributed by atoms with Crippen molar-refractivity contribution in [1.82, 2.24) is 10.2 Å². The van der Waals surface area contributed by atoms with E-state index in [1.807, 2.05) is 24.3 Å². The maximum absolute atomic E-state index is 12.2. The summed E-state index contributed by atoms with van der Waals surface area (Å²) in [4.78, 5) is 14.9. The first-order valence-corrected chi connectivity index (χ1v) is 10.9. The van der Waals surface area contributed by atoms with Crippen molar-refractivity contribution in [1.29, 1.82) is 0 Å². The zero-order chi connectivity index (χ0) is 19.3. The molecule has 1 saturated heterocycles. The molecule has 148 valence electrons. The first kappa shape index (κ1) is 19.5. The lowest BCUT2D eigenvalue weighted by molar-refractivity contribution is -0.121. The molecule has 0 bridgehead atoms. The monoisotopic (exact) mass is 396 g/mol. The second-order valence-corrected chi connectivity index (χ2v) is 8.69. The molecule has 3 nitrogen and oxygen atoms in total. The molecule has 4 rings (SSSR count). The average molecular weight is 397 g/mol. The number of benzene rings is 2. The summed E-state index contributed by atoms with van der Waals surface area (Å²) in [5, 5.41) is 3.73. The maximum Gasteiger partial charge on any atom is 0.220 e. The Balaban J connectivity index is 1.15. The molecular weight excluding hydrogens is 368 g/mol. The summed E-state index contributed by atoms with van der Waals surface area (Å²) in [6.45, 7) is 2.90. The van der Waals surface area contributed by atoms with Crippen LogP contribution in [0.25, 0.3) is 0 Å². The van der Waals surface area contributed by atoms with Gasteiger partial charge in [-0.2, -0.15) is 0 Å². The highest BCUT2D eigenvalue weighted by atomic mass is 35.5. The minimum absolute atomic E-state index is 0.147. The fourth-order valence-corrected chi connectivity index (χ4v) is 4.88. The van der Waals surface area contributed by atoms with Crippen molar-refractivity contribution < 1.29 is 4.79 Å². The number of hydrogen-bond acceptors (Lipinski definition) is 2. The van der Waals surface area contributed by atoms with E-state index >= 15 is 0 Å². The van der Waals surface area contributed by atoms with Crippen LogP contribution in [0.1, 0.15) is 42.4 Å². The quantitative estimate of drug-likeness (QED) is 0.772. The summed E-state index contributed by atoms with van der Waals surface area (Å²) in [6, 6.07) is 17.2. The fourth-order valence-electron chi connectivity index (χ4n) is 4.67. The number of likely N-dealkylation sites (tertiary alicyclic amines) is 1. The molecule has 1 N–H and O–H groups in total. The molecule has 0 saturated carbocycles. The van der Waals surface area contributed by atoms with Gasteiger partial charge in [0.1, 0.15) is 0 Å². The Kier molecular flexibility index (Phi) is 6.33. The third-order valence-corrected chi connectivity index (χ3v) is 6.59. The van der Waals surface area contributed by atoms with Crippen LogP contribution in [0.4, 0.5) is 0 Å². The van der Waals surface area contributed by atoms with Crippen LogP contribution in [0, 0.1) is 5.92 Å².